The minimum Gasteiger partial charge on any atom is -0.382 e. The first-order chi connectivity index (χ1) is 7.69. The molecule has 0 saturated heterocycles. The highest BCUT2D eigenvalue weighted by atomic mass is 16.5. The van der Waals surface area contributed by atoms with Gasteiger partial charge in [0.15, 0.2) is 0 Å². The summed E-state index contributed by atoms with van der Waals surface area (Å²) in [7, 11) is 1.70. The van der Waals surface area contributed by atoms with Crippen LogP contribution in [0.5, 0.6) is 0 Å². The van der Waals surface area contributed by atoms with Crippen LogP contribution in [0.3, 0.4) is 0 Å². The Morgan fingerprint density at radius 3 is 3.06 bits per heavy atom. The van der Waals surface area contributed by atoms with Crippen molar-refractivity contribution in [1.29, 1.82) is 0 Å². The van der Waals surface area contributed by atoms with Crippen molar-refractivity contribution in [3.05, 3.63) is 11.8 Å². The molecule has 4 N–H and O–H groups in total. The lowest BCUT2D eigenvalue weighted by Gasteiger charge is -2.11. The quantitative estimate of drug-likeness (QED) is 0.688. The molecule has 1 fully saturated rings. The summed E-state index contributed by atoms with van der Waals surface area (Å²) in [5, 5.41) is 9.22. The lowest BCUT2D eigenvalue weighted by molar-refractivity contribution is 0.0910. The molecule has 16 heavy (non-hydrogen) atoms. The summed E-state index contributed by atoms with van der Waals surface area (Å²) < 4.78 is 5.24. The number of rotatable bonds is 3. The van der Waals surface area contributed by atoms with Crippen LogP contribution in [0, 0.1) is 0 Å². The molecule has 2 atom stereocenters. The number of ether oxygens (including phenoxy) is 1. The first-order valence-electron chi connectivity index (χ1n) is 5.33. The van der Waals surface area contributed by atoms with Gasteiger partial charge in [-0.1, -0.05) is 0 Å². The van der Waals surface area contributed by atoms with E-state index in [2.05, 4.69) is 15.5 Å². The van der Waals surface area contributed by atoms with Crippen molar-refractivity contribution >= 4 is 11.7 Å². The van der Waals surface area contributed by atoms with Gasteiger partial charge in [0.1, 0.15) is 11.5 Å². The highest BCUT2D eigenvalue weighted by Gasteiger charge is 2.26. The van der Waals surface area contributed by atoms with E-state index in [1.807, 2.05) is 0 Å². The van der Waals surface area contributed by atoms with E-state index in [0.29, 0.717) is 11.5 Å². The highest BCUT2D eigenvalue weighted by Crippen LogP contribution is 2.21. The molecule has 1 aromatic rings. The van der Waals surface area contributed by atoms with Gasteiger partial charge in [-0.15, -0.1) is 0 Å². The largest absolute Gasteiger partial charge is 0.382 e. The molecule has 88 valence electrons. The molecular weight excluding hydrogens is 208 g/mol. The van der Waals surface area contributed by atoms with Gasteiger partial charge in [0.25, 0.3) is 5.91 Å². The number of amides is 1. The van der Waals surface area contributed by atoms with Crippen molar-refractivity contribution in [1.82, 2.24) is 15.5 Å². The van der Waals surface area contributed by atoms with Crippen LogP contribution in [0.15, 0.2) is 6.07 Å². The Morgan fingerprint density at radius 1 is 1.69 bits per heavy atom. The third-order valence-electron chi connectivity index (χ3n) is 2.90. The van der Waals surface area contributed by atoms with E-state index in [4.69, 9.17) is 10.5 Å². The van der Waals surface area contributed by atoms with Gasteiger partial charge in [0.05, 0.1) is 6.10 Å². The molecule has 1 aliphatic rings. The molecule has 1 saturated carbocycles. The number of hydrogen-bond acceptors (Lipinski definition) is 4. The average molecular weight is 224 g/mol. The third-order valence-corrected chi connectivity index (χ3v) is 2.90. The van der Waals surface area contributed by atoms with E-state index in [9.17, 15) is 4.79 Å². The molecule has 0 aromatic carbocycles. The van der Waals surface area contributed by atoms with Gasteiger partial charge >= 0.3 is 0 Å². The van der Waals surface area contributed by atoms with Crippen LogP contribution in [-0.4, -0.2) is 35.4 Å². The van der Waals surface area contributed by atoms with E-state index in [1.54, 1.807) is 7.11 Å². The lowest BCUT2D eigenvalue weighted by atomic mass is 10.2. The number of carbonyl (C=O) groups is 1. The summed E-state index contributed by atoms with van der Waals surface area (Å²) in [6, 6.07) is 1.71. The third kappa shape index (κ3) is 2.33. The Hall–Kier alpha value is -1.56. The lowest BCUT2D eigenvalue weighted by Crippen LogP contribution is -2.33. The van der Waals surface area contributed by atoms with Gasteiger partial charge in [-0.3, -0.25) is 9.89 Å². The average Bonchev–Trinajstić information content (AvgIpc) is 2.87. The first kappa shape index (κ1) is 10.9. The predicted octanol–water partition coefficient (Wildman–Crippen LogP) is 0.289. The zero-order valence-electron chi connectivity index (χ0n) is 9.19. The van der Waals surface area contributed by atoms with Crippen molar-refractivity contribution in [3.8, 4) is 0 Å². The molecule has 1 aliphatic carbocycles. The molecule has 1 aromatic heterocycles. The number of anilines is 1. The molecule has 0 bridgehead atoms. The maximum absolute atomic E-state index is 11.7. The van der Waals surface area contributed by atoms with Gasteiger partial charge in [-0.2, -0.15) is 5.10 Å². The smallest absolute Gasteiger partial charge is 0.269 e. The van der Waals surface area contributed by atoms with E-state index in [1.165, 1.54) is 6.07 Å². The number of carbonyl (C=O) groups excluding carboxylic acids is 1. The summed E-state index contributed by atoms with van der Waals surface area (Å²) in [4.78, 5) is 11.7. The van der Waals surface area contributed by atoms with E-state index in [0.717, 1.165) is 19.3 Å². The molecular formula is C10H16N4O2. The topological polar surface area (TPSA) is 93.0 Å². The minimum atomic E-state index is -0.161. The number of H-pyrrole nitrogens is 1. The summed E-state index contributed by atoms with van der Waals surface area (Å²) in [5.74, 6) is 0.164. The zero-order chi connectivity index (χ0) is 11.5. The number of nitrogens with one attached hydrogen (secondary N) is 2. The van der Waals surface area contributed by atoms with Crippen LogP contribution in [0.4, 0.5) is 5.82 Å². The van der Waals surface area contributed by atoms with Crippen LogP contribution in [0.25, 0.3) is 0 Å². The Labute approximate surface area is 93.5 Å². The fraction of sp³-hybridized carbons (Fsp3) is 0.600. The zero-order valence-corrected chi connectivity index (χ0v) is 9.19. The maximum atomic E-state index is 11.7. The van der Waals surface area contributed by atoms with Crippen LogP contribution >= 0.6 is 0 Å². The van der Waals surface area contributed by atoms with Crippen LogP contribution < -0.4 is 11.1 Å². The van der Waals surface area contributed by atoms with Gasteiger partial charge < -0.3 is 15.8 Å². The summed E-state index contributed by atoms with van der Waals surface area (Å²) >= 11 is 0. The van der Waals surface area contributed by atoms with Crippen molar-refractivity contribution < 1.29 is 9.53 Å². The van der Waals surface area contributed by atoms with Gasteiger partial charge in [-0.05, 0) is 19.3 Å². The van der Waals surface area contributed by atoms with Crippen molar-refractivity contribution in [2.45, 2.75) is 31.4 Å². The van der Waals surface area contributed by atoms with E-state index < -0.39 is 0 Å². The molecule has 6 heteroatoms. The van der Waals surface area contributed by atoms with Crippen molar-refractivity contribution in [3.63, 3.8) is 0 Å². The van der Waals surface area contributed by atoms with Crippen LogP contribution in [0.2, 0.25) is 0 Å². The fourth-order valence-corrected chi connectivity index (χ4v) is 2.00. The summed E-state index contributed by atoms with van der Waals surface area (Å²) in [5.41, 5.74) is 5.83. The second-order valence-corrected chi connectivity index (χ2v) is 4.05. The number of nitrogens with zero attached hydrogens (tertiary/aromatic N) is 1. The van der Waals surface area contributed by atoms with Crippen molar-refractivity contribution in [2.24, 2.45) is 0 Å². The molecule has 1 amide bonds. The SMILES string of the molecule is COC1CCC(NC(=O)c2cc(N)n[nH]2)C1. The Kier molecular flexibility index (Phi) is 3.09. The number of aromatic nitrogens is 2. The Bertz CT molecular complexity index is 377. The molecule has 0 spiro atoms. The number of nitrogens with two attached hydrogens (primary N) is 1. The predicted molar refractivity (Wildman–Crippen MR) is 58.9 cm³/mol. The second kappa shape index (κ2) is 4.52. The first-order valence-corrected chi connectivity index (χ1v) is 5.33. The molecule has 2 unspecified atom stereocenters. The number of methoxy groups -OCH3 is 1. The molecule has 2 rings (SSSR count). The molecule has 6 nitrogen and oxygen atoms in total. The normalized spacial score (nSPS) is 24.6. The van der Waals surface area contributed by atoms with Crippen LogP contribution in [0.1, 0.15) is 29.8 Å². The summed E-state index contributed by atoms with van der Waals surface area (Å²) in [6.45, 7) is 0. The summed E-state index contributed by atoms with van der Waals surface area (Å²) in [6.07, 6.45) is 3.07. The fourth-order valence-electron chi connectivity index (χ4n) is 2.00. The molecule has 1 heterocycles. The van der Waals surface area contributed by atoms with Crippen LogP contribution in [-0.2, 0) is 4.74 Å². The second-order valence-electron chi connectivity index (χ2n) is 4.05. The Morgan fingerprint density at radius 2 is 2.50 bits per heavy atom. The number of nitrogen functional groups attached to an aromatic ring is 1. The van der Waals surface area contributed by atoms with Gasteiger partial charge in [-0.25, -0.2) is 0 Å². The van der Waals surface area contributed by atoms with Gasteiger partial charge in [0.2, 0.25) is 0 Å². The number of hydrogen-bond donors (Lipinski definition) is 3. The van der Waals surface area contributed by atoms with Crippen molar-refractivity contribution in [2.75, 3.05) is 12.8 Å². The number of aromatic amines is 1. The maximum Gasteiger partial charge on any atom is 0.269 e. The van der Waals surface area contributed by atoms with E-state index >= 15 is 0 Å². The molecule has 0 aliphatic heterocycles. The molecule has 0 radical (unpaired) electrons. The Balaban J connectivity index is 1.89. The minimum absolute atomic E-state index is 0.161. The standard InChI is InChI=1S/C10H16N4O2/c1-16-7-3-2-6(4-7)12-10(15)8-5-9(11)14-13-8/h5-7H,2-4H2,1H3,(H,12,15)(H3,11,13,14). The monoisotopic (exact) mass is 224 g/mol. The highest BCUT2D eigenvalue weighted by molar-refractivity contribution is 5.93. The van der Waals surface area contributed by atoms with E-state index in [-0.39, 0.29) is 18.1 Å². The van der Waals surface area contributed by atoms with Gasteiger partial charge in [0, 0.05) is 19.2 Å².